The predicted molar refractivity (Wildman–Crippen MR) is 109 cm³/mol. The molecule has 29 heavy (non-hydrogen) atoms. The van der Waals surface area contributed by atoms with Crippen LogP contribution in [0.4, 0.5) is 4.39 Å². The second kappa shape index (κ2) is 10.4. The summed E-state index contributed by atoms with van der Waals surface area (Å²) in [6.45, 7) is 1.71. The maximum absolute atomic E-state index is 13.1. The number of ether oxygens (including phenoxy) is 1. The molecule has 1 aromatic carbocycles. The highest BCUT2D eigenvalue weighted by molar-refractivity contribution is 7.46. The zero-order valence-electron chi connectivity index (χ0n) is 16.0. The molecule has 2 aromatic rings. The molecule has 1 aromatic heterocycles. The summed E-state index contributed by atoms with van der Waals surface area (Å²) in [6, 6.07) is 9.46. The van der Waals surface area contributed by atoms with Crippen molar-refractivity contribution in [2.24, 2.45) is 5.73 Å². The topological polar surface area (TPSA) is 119 Å². The molecule has 0 amide bonds. The number of Topliss-reactive ketones (excluding diaryl/α,β-unsaturated/α-hetero) is 1. The van der Waals surface area contributed by atoms with Crippen LogP contribution in [0.3, 0.4) is 0 Å². The minimum Gasteiger partial charge on any atom is -0.493 e. The number of halogens is 1. The summed E-state index contributed by atoms with van der Waals surface area (Å²) in [6.07, 6.45) is 1.85. The first kappa shape index (κ1) is 23.7. The second-order valence-corrected chi connectivity index (χ2v) is 9.42. The summed E-state index contributed by atoms with van der Waals surface area (Å²) in [5, 5.41) is 0. The van der Waals surface area contributed by atoms with Crippen molar-refractivity contribution in [3.8, 4) is 5.75 Å². The van der Waals surface area contributed by atoms with Gasteiger partial charge in [-0.25, -0.2) is 8.96 Å². The van der Waals surface area contributed by atoms with Gasteiger partial charge in [0.25, 0.3) is 0 Å². The van der Waals surface area contributed by atoms with Crippen LogP contribution in [0.25, 0.3) is 0 Å². The first-order chi connectivity index (χ1) is 13.5. The van der Waals surface area contributed by atoms with E-state index < -0.39 is 13.4 Å². The van der Waals surface area contributed by atoms with Crippen LogP contribution in [0.15, 0.2) is 36.4 Å². The van der Waals surface area contributed by atoms with Gasteiger partial charge < -0.3 is 20.3 Å². The monoisotopic (exact) mass is 445 g/mol. The Labute approximate surface area is 172 Å². The molecule has 0 spiro atoms. The van der Waals surface area contributed by atoms with Crippen molar-refractivity contribution in [3.63, 3.8) is 0 Å². The van der Waals surface area contributed by atoms with Crippen molar-refractivity contribution in [1.29, 1.82) is 0 Å². The van der Waals surface area contributed by atoms with Gasteiger partial charge in [-0.05, 0) is 50.5 Å². The first-order valence-electron chi connectivity index (χ1n) is 9.03. The highest BCUT2D eigenvalue weighted by Crippen LogP contribution is 2.37. The van der Waals surface area contributed by atoms with Gasteiger partial charge in [-0.15, -0.1) is 11.3 Å². The zero-order chi connectivity index (χ0) is 21.5. The molecule has 0 aliphatic rings. The Kier molecular flexibility index (Phi) is 8.51. The summed E-state index contributed by atoms with van der Waals surface area (Å²) in [5.41, 5.74) is 5.11. The third-order valence-electron chi connectivity index (χ3n) is 4.05. The largest absolute Gasteiger partial charge is 0.493 e. The molecule has 0 bridgehead atoms. The molecule has 0 aliphatic heterocycles. The van der Waals surface area contributed by atoms with Crippen LogP contribution in [0.2, 0.25) is 0 Å². The predicted octanol–water partition coefficient (Wildman–Crippen LogP) is 3.69. The third kappa shape index (κ3) is 9.16. The van der Waals surface area contributed by atoms with Gasteiger partial charge in [-0.3, -0.25) is 9.32 Å². The Morgan fingerprint density at radius 1 is 1.31 bits per heavy atom. The van der Waals surface area contributed by atoms with E-state index in [1.54, 1.807) is 25.1 Å². The van der Waals surface area contributed by atoms with Gasteiger partial charge in [0.1, 0.15) is 11.6 Å². The molecule has 160 valence electrons. The number of hydrogen-bond donors (Lipinski definition) is 3. The maximum atomic E-state index is 13.1. The maximum Gasteiger partial charge on any atom is 0.469 e. The van der Waals surface area contributed by atoms with Crippen molar-refractivity contribution in [3.05, 3.63) is 52.0 Å². The number of rotatable bonds is 12. The van der Waals surface area contributed by atoms with Gasteiger partial charge >= 0.3 is 7.82 Å². The summed E-state index contributed by atoms with van der Waals surface area (Å²) < 4.78 is 33.8. The number of hydrogen-bond acceptors (Lipinski definition) is 6. The van der Waals surface area contributed by atoms with Gasteiger partial charge in [-0.2, -0.15) is 0 Å². The van der Waals surface area contributed by atoms with Crippen molar-refractivity contribution in [1.82, 2.24) is 0 Å². The molecule has 0 aliphatic carbocycles. The first-order valence-corrected chi connectivity index (χ1v) is 11.4. The molecular formula is C19H25FNO6PS. The average Bonchev–Trinajstić information content (AvgIpc) is 3.11. The lowest BCUT2D eigenvalue weighted by Gasteiger charge is -2.24. The number of thiophene rings is 1. The summed E-state index contributed by atoms with van der Waals surface area (Å²) in [4.78, 5) is 31.4. The summed E-state index contributed by atoms with van der Waals surface area (Å²) >= 11 is 1.37. The number of benzene rings is 1. The van der Waals surface area contributed by atoms with Gasteiger partial charge in [-0.1, -0.05) is 6.07 Å². The van der Waals surface area contributed by atoms with Crippen LogP contribution >= 0.6 is 19.2 Å². The van der Waals surface area contributed by atoms with E-state index in [1.165, 1.54) is 23.5 Å². The summed E-state index contributed by atoms with van der Waals surface area (Å²) in [7, 11) is -4.55. The fourth-order valence-electron chi connectivity index (χ4n) is 2.48. The minimum absolute atomic E-state index is 0.00411. The molecule has 4 N–H and O–H groups in total. The molecular weight excluding hydrogens is 420 g/mol. The molecule has 0 saturated carbocycles. The number of nitrogens with two attached hydrogens (primary N) is 1. The van der Waals surface area contributed by atoms with E-state index in [0.29, 0.717) is 42.9 Å². The SMILES string of the molecule is CC(N)(CCc1ccc(C(=O)CCCOc2cccc(F)c2)s1)COP(=O)(O)O. The molecule has 2 rings (SSSR count). The van der Waals surface area contributed by atoms with Crippen molar-refractivity contribution < 1.29 is 32.8 Å². The molecule has 1 unspecified atom stereocenters. The van der Waals surface area contributed by atoms with E-state index >= 15 is 0 Å². The Hall–Kier alpha value is -1.61. The number of phosphoric ester groups is 1. The van der Waals surface area contributed by atoms with Gasteiger partial charge in [0.05, 0.1) is 18.1 Å². The Morgan fingerprint density at radius 2 is 2.07 bits per heavy atom. The van der Waals surface area contributed by atoms with Crippen molar-refractivity contribution in [2.45, 2.75) is 38.1 Å². The van der Waals surface area contributed by atoms with E-state index in [2.05, 4.69) is 4.52 Å². The summed E-state index contributed by atoms with van der Waals surface area (Å²) in [5.74, 6) is 0.0689. The number of carbonyl (C=O) groups is 1. The smallest absolute Gasteiger partial charge is 0.469 e. The van der Waals surface area contributed by atoms with Crippen molar-refractivity contribution in [2.75, 3.05) is 13.2 Å². The quantitative estimate of drug-likeness (QED) is 0.259. The standard InChI is InChI=1S/C19H25FNO6PS/c1-19(21,13-27-28(23,24)25)10-9-16-7-8-18(29-16)17(22)6-3-11-26-15-5-2-4-14(20)12-15/h2,4-5,7-8,12H,3,6,9-11,13,21H2,1H3,(H2,23,24,25). The Balaban J connectivity index is 1.74. The lowest BCUT2D eigenvalue weighted by molar-refractivity contribution is 0.0977. The fourth-order valence-corrected chi connectivity index (χ4v) is 3.92. The second-order valence-electron chi connectivity index (χ2n) is 7.02. The molecule has 10 heteroatoms. The molecule has 1 heterocycles. The fraction of sp³-hybridized carbons (Fsp3) is 0.421. The minimum atomic E-state index is -4.55. The van der Waals surface area contributed by atoms with Crippen molar-refractivity contribution >= 4 is 24.9 Å². The van der Waals surface area contributed by atoms with Crippen LogP contribution in [-0.4, -0.2) is 34.3 Å². The van der Waals surface area contributed by atoms with Gasteiger partial charge in [0.15, 0.2) is 5.78 Å². The van der Waals surface area contributed by atoms with Crippen LogP contribution in [0.1, 0.15) is 40.7 Å². The number of phosphoric acid groups is 1. The number of aryl methyl sites for hydroxylation is 1. The van der Waals surface area contributed by atoms with Gasteiger partial charge in [0.2, 0.25) is 0 Å². The number of ketones is 1. The highest BCUT2D eigenvalue weighted by Gasteiger charge is 2.24. The Morgan fingerprint density at radius 3 is 2.76 bits per heavy atom. The van der Waals surface area contributed by atoms with Crippen LogP contribution in [0, 0.1) is 5.82 Å². The molecule has 0 fully saturated rings. The normalized spacial score (nSPS) is 13.8. The van der Waals surface area contributed by atoms with Crippen LogP contribution in [0.5, 0.6) is 5.75 Å². The molecule has 7 nitrogen and oxygen atoms in total. The number of carbonyl (C=O) groups excluding carboxylic acids is 1. The lowest BCUT2D eigenvalue weighted by Crippen LogP contribution is -2.41. The van der Waals surface area contributed by atoms with E-state index in [-0.39, 0.29) is 18.2 Å². The molecule has 1 atom stereocenters. The van der Waals surface area contributed by atoms with E-state index in [1.807, 2.05) is 6.07 Å². The highest BCUT2D eigenvalue weighted by atomic mass is 32.1. The molecule has 0 radical (unpaired) electrons. The van der Waals surface area contributed by atoms with Gasteiger partial charge in [0, 0.05) is 22.9 Å². The molecule has 0 saturated heterocycles. The van der Waals surface area contributed by atoms with E-state index in [0.717, 1.165) is 4.88 Å². The van der Waals surface area contributed by atoms with E-state index in [9.17, 15) is 13.8 Å². The lowest BCUT2D eigenvalue weighted by atomic mass is 9.98. The van der Waals surface area contributed by atoms with Crippen LogP contribution < -0.4 is 10.5 Å². The Bertz CT molecular complexity index is 866. The average molecular weight is 445 g/mol. The third-order valence-corrected chi connectivity index (χ3v) is 5.71. The van der Waals surface area contributed by atoms with E-state index in [4.69, 9.17) is 20.3 Å². The zero-order valence-corrected chi connectivity index (χ0v) is 17.8. The van der Waals surface area contributed by atoms with Crippen LogP contribution in [-0.2, 0) is 15.5 Å².